The number of H-pyrrole nitrogens is 1. The highest BCUT2D eigenvalue weighted by molar-refractivity contribution is 5.92. The molecule has 0 bridgehead atoms. The minimum Gasteiger partial charge on any atom is -0.323 e. The van der Waals surface area contributed by atoms with E-state index in [0.717, 1.165) is 6.07 Å². The summed E-state index contributed by atoms with van der Waals surface area (Å²) in [6, 6.07) is 10.2. The Morgan fingerprint density at radius 1 is 1.00 bits per heavy atom. The molecule has 1 aromatic carbocycles. The van der Waals surface area contributed by atoms with Gasteiger partial charge in [0, 0.05) is 11.8 Å². The zero-order chi connectivity index (χ0) is 18.1. The summed E-state index contributed by atoms with van der Waals surface area (Å²) in [7, 11) is 0. The molecule has 2 N–H and O–H groups in total. The van der Waals surface area contributed by atoms with Crippen LogP contribution in [0.5, 0.6) is 0 Å². The number of halogens is 3. The molecular formula is C17H11F3N6. The van der Waals surface area contributed by atoms with Crippen LogP contribution in [-0.2, 0) is 6.18 Å². The van der Waals surface area contributed by atoms with Crippen molar-refractivity contribution in [2.24, 2.45) is 0 Å². The van der Waals surface area contributed by atoms with Gasteiger partial charge in [0.1, 0.15) is 11.8 Å². The molecule has 3 heterocycles. The fraction of sp³-hybridized carbons (Fsp3) is 0.0588. The quantitative estimate of drug-likeness (QED) is 0.576. The average Bonchev–Trinajstić information content (AvgIpc) is 3.14. The molecule has 0 saturated carbocycles. The first-order chi connectivity index (χ1) is 12.5. The Balaban J connectivity index is 1.92. The Kier molecular flexibility index (Phi) is 3.76. The average molecular weight is 356 g/mol. The number of aromatic nitrogens is 5. The van der Waals surface area contributed by atoms with E-state index in [-0.39, 0.29) is 11.3 Å². The van der Waals surface area contributed by atoms with Crippen molar-refractivity contribution < 1.29 is 13.2 Å². The highest BCUT2D eigenvalue weighted by atomic mass is 19.4. The lowest BCUT2D eigenvalue weighted by Gasteiger charge is -2.14. The second-order valence-electron chi connectivity index (χ2n) is 5.43. The van der Waals surface area contributed by atoms with Crippen LogP contribution in [0.2, 0.25) is 0 Å². The molecule has 0 fully saturated rings. The predicted molar refractivity (Wildman–Crippen MR) is 89.6 cm³/mol. The minimum absolute atomic E-state index is 0.00799. The summed E-state index contributed by atoms with van der Waals surface area (Å²) in [5, 5.41) is 9.37. The molecule has 0 aliphatic carbocycles. The molecule has 0 atom stereocenters. The highest BCUT2D eigenvalue weighted by Crippen LogP contribution is 2.38. The second-order valence-corrected chi connectivity index (χ2v) is 5.43. The van der Waals surface area contributed by atoms with E-state index < -0.39 is 11.7 Å². The predicted octanol–water partition coefficient (Wildman–Crippen LogP) is 4.18. The Labute approximate surface area is 145 Å². The summed E-state index contributed by atoms with van der Waals surface area (Å²) in [6.45, 7) is 0. The first-order valence-corrected chi connectivity index (χ1v) is 7.57. The maximum atomic E-state index is 13.4. The third kappa shape index (κ3) is 2.94. The number of pyridine rings is 2. The molecule has 26 heavy (non-hydrogen) atoms. The van der Waals surface area contributed by atoms with E-state index in [1.165, 1.54) is 24.5 Å². The largest absolute Gasteiger partial charge is 0.417 e. The summed E-state index contributed by atoms with van der Waals surface area (Å²) in [5.74, 6) is 0.346. The van der Waals surface area contributed by atoms with Gasteiger partial charge in [0.05, 0.1) is 22.5 Å². The van der Waals surface area contributed by atoms with Gasteiger partial charge < -0.3 is 5.32 Å². The number of hydrogen-bond acceptors (Lipinski definition) is 5. The molecule has 0 saturated heterocycles. The van der Waals surface area contributed by atoms with Crippen molar-refractivity contribution in [3.63, 3.8) is 0 Å². The van der Waals surface area contributed by atoms with Crippen LogP contribution in [0, 0.1) is 0 Å². The fourth-order valence-corrected chi connectivity index (χ4v) is 2.64. The van der Waals surface area contributed by atoms with Crippen molar-refractivity contribution >= 4 is 22.7 Å². The molecule has 4 aromatic rings. The first-order valence-electron chi connectivity index (χ1n) is 7.57. The van der Waals surface area contributed by atoms with Gasteiger partial charge in [-0.2, -0.15) is 23.3 Å². The van der Waals surface area contributed by atoms with Crippen LogP contribution in [0.3, 0.4) is 0 Å². The molecule has 0 unspecified atom stereocenters. The minimum atomic E-state index is -4.49. The summed E-state index contributed by atoms with van der Waals surface area (Å²) in [6.07, 6.45) is -1.58. The summed E-state index contributed by atoms with van der Waals surface area (Å²) in [5.41, 5.74) is 0.869. The van der Waals surface area contributed by atoms with Crippen LogP contribution in [-0.4, -0.2) is 25.1 Å². The van der Waals surface area contributed by atoms with Gasteiger partial charge in [-0.15, -0.1) is 0 Å². The number of nitrogens with one attached hydrogen (secondary N) is 2. The van der Waals surface area contributed by atoms with Gasteiger partial charge in [-0.3, -0.25) is 4.98 Å². The zero-order valence-corrected chi connectivity index (χ0v) is 13.1. The van der Waals surface area contributed by atoms with E-state index in [9.17, 15) is 13.2 Å². The molecule has 130 valence electrons. The number of nitrogens with zero attached hydrogens (tertiary/aromatic N) is 4. The van der Waals surface area contributed by atoms with E-state index >= 15 is 0 Å². The zero-order valence-electron chi connectivity index (χ0n) is 13.1. The van der Waals surface area contributed by atoms with Crippen molar-refractivity contribution in [2.75, 3.05) is 5.32 Å². The lowest BCUT2D eigenvalue weighted by molar-refractivity contribution is -0.137. The number of anilines is 2. The molecule has 9 heteroatoms. The molecule has 3 aromatic heterocycles. The van der Waals surface area contributed by atoms with Crippen molar-refractivity contribution in [3.05, 3.63) is 60.6 Å². The van der Waals surface area contributed by atoms with E-state index in [0.29, 0.717) is 22.7 Å². The third-order valence-electron chi connectivity index (χ3n) is 3.74. The van der Waals surface area contributed by atoms with Crippen molar-refractivity contribution in [1.82, 2.24) is 25.1 Å². The maximum Gasteiger partial charge on any atom is 0.417 e. The number of aromatic amines is 1. The van der Waals surface area contributed by atoms with Gasteiger partial charge in [0.15, 0.2) is 0 Å². The normalized spacial score (nSPS) is 11.7. The van der Waals surface area contributed by atoms with Crippen LogP contribution in [0.15, 0.2) is 55.0 Å². The number of alkyl halides is 3. The molecule has 4 rings (SSSR count). The SMILES string of the molecule is FC(F)(F)c1ccccc1-c1cc(Nc2ncn[nH]2)c2ncccc2n1. The molecule has 0 aliphatic rings. The molecule has 6 nitrogen and oxygen atoms in total. The van der Waals surface area contributed by atoms with E-state index in [1.807, 2.05) is 0 Å². The molecule has 0 amide bonds. The molecule has 0 spiro atoms. The van der Waals surface area contributed by atoms with Crippen LogP contribution in [0.25, 0.3) is 22.3 Å². The van der Waals surface area contributed by atoms with Crippen LogP contribution < -0.4 is 5.32 Å². The fourth-order valence-electron chi connectivity index (χ4n) is 2.64. The standard InChI is InChI=1S/C17H11F3N6/c18-17(19,20)11-5-2-1-4-10(11)13-8-14(25-16-22-9-23-26-16)15-12(24-13)6-3-7-21-15/h1-9H,(H2,22,23,24,25,26). The Morgan fingerprint density at radius 2 is 1.85 bits per heavy atom. The Hall–Kier alpha value is -3.49. The Morgan fingerprint density at radius 3 is 2.62 bits per heavy atom. The number of benzene rings is 1. The van der Waals surface area contributed by atoms with Gasteiger partial charge in [-0.05, 0) is 24.3 Å². The number of fused-ring (bicyclic) bond motifs is 1. The second kappa shape index (κ2) is 6.10. The first kappa shape index (κ1) is 16.0. The van der Waals surface area contributed by atoms with Gasteiger partial charge in [0.25, 0.3) is 0 Å². The van der Waals surface area contributed by atoms with Gasteiger partial charge in [-0.25, -0.2) is 10.1 Å². The monoisotopic (exact) mass is 356 g/mol. The topological polar surface area (TPSA) is 79.4 Å². The number of rotatable bonds is 3. The summed E-state index contributed by atoms with van der Waals surface area (Å²) < 4.78 is 40.1. The van der Waals surface area contributed by atoms with Crippen molar-refractivity contribution in [3.8, 4) is 11.3 Å². The van der Waals surface area contributed by atoms with Crippen molar-refractivity contribution in [1.29, 1.82) is 0 Å². The summed E-state index contributed by atoms with van der Waals surface area (Å²) >= 11 is 0. The maximum absolute atomic E-state index is 13.4. The summed E-state index contributed by atoms with van der Waals surface area (Å²) in [4.78, 5) is 12.6. The molecule has 0 aliphatic heterocycles. The van der Waals surface area contributed by atoms with E-state index in [2.05, 4.69) is 30.5 Å². The van der Waals surface area contributed by atoms with Crippen LogP contribution in [0.1, 0.15) is 5.56 Å². The van der Waals surface area contributed by atoms with E-state index in [1.54, 1.807) is 24.4 Å². The smallest absolute Gasteiger partial charge is 0.323 e. The van der Waals surface area contributed by atoms with E-state index in [4.69, 9.17) is 0 Å². The van der Waals surface area contributed by atoms with Crippen LogP contribution in [0.4, 0.5) is 24.8 Å². The number of hydrogen-bond donors (Lipinski definition) is 2. The van der Waals surface area contributed by atoms with Crippen molar-refractivity contribution in [2.45, 2.75) is 6.18 Å². The van der Waals surface area contributed by atoms with Gasteiger partial charge in [0.2, 0.25) is 5.95 Å². The lowest BCUT2D eigenvalue weighted by Crippen LogP contribution is -2.07. The van der Waals surface area contributed by atoms with Gasteiger partial charge in [-0.1, -0.05) is 18.2 Å². The lowest BCUT2D eigenvalue weighted by atomic mass is 10.0. The Bertz CT molecular complexity index is 1060. The third-order valence-corrected chi connectivity index (χ3v) is 3.74. The highest BCUT2D eigenvalue weighted by Gasteiger charge is 2.33. The van der Waals surface area contributed by atoms with Gasteiger partial charge >= 0.3 is 6.18 Å². The molecule has 0 radical (unpaired) electrons. The molecular weight excluding hydrogens is 345 g/mol. The van der Waals surface area contributed by atoms with Crippen LogP contribution >= 0.6 is 0 Å².